The maximum absolute atomic E-state index is 9.82. The third-order valence-electron chi connectivity index (χ3n) is 2.15. The molecule has 0 atom stereocenters. The van der Waals surface area contributed by atoms with Gasteiger partial charge in [0.05, 0.1) is 19.2 Å². The van der Waals surface area contributed by atoms with Gasteiger partial charge in [-0.05, 0) is 35.7 Å². The van der Waals surface area contributed by atoms with Crippen LogP contribution in [0.5, 0.6) is 5.75 Å². The summed E-state index contributed by atoms with van der Waals surface area (Å²) >= 11 is 0.932. The molecule has 0 spiro atoms. The lowest BCUT2D eigenvalue weighted by molar-refractivity contribution is -0.447. The van der Waals surface area contributed by atoms with Crippen LogP contribution in [0.1, 0.15) is 0 Å². The van der Waals surface area contributed by atoms with E-state index in [4.69, 9.17) is 5.73 Å². The summed E-state index contributed by atoms with van der Waals surface area (Å²) in [4.78, 5) is 4.95. The van der Waals surface area contributed by atoms with Gasteiger partial charge in [-0.3, -0.25) is 0 Å². The normalized spacial score (nSPS) is 10.9. The Hall–Kier alpha value is -1.47. The van der Waals surface area contributed by atoms with Crippen molar-refractivity contribution in [3.63, 3.8) is 0 Å². The number of phenolic OH excluding ortho intramolecular Hbond substituents is 1. The van der Waals surface area contributed by atoms with E-state index in [1.54, 1.807) is 24.3 Å². The Labute approximate surface area is 102 Å². The van der Waals surface area contributed by atoms with Crippen LogP contribution in [-0.2, 0) is 14.3 Å². The molecule has 0 aliphatic rings. The van der Waals surface area contributed by atoms with Crippen LogP contribution < -0.4 is 5.73 Å². The Balaban J connectivity index is 2.33. The second-order valence-electron chi connectivity index (χ2n) is 3.31. The highest BCUT2D eigenvalue weighted by atomic mass is 32.2. The minimum atomic E-state index is 0.158. The Bertz CT molecular complexity index is 532. The molecule has 0 radical (unpaired) electrons. The first-order valence-electron chi connectivity index (χ1n) is 4.77. The molecule has 0 amide bonds. The predicted molar refractivity (Wildman–Crippen MR) is 65.1 cm³/mol. The van der Waals surface area contributed by atoms with Crippen molar-refractivity contribution in [2.45, 2.75) is 4.90 Å². The molecule has 0 aliphatic carbocycles. The number of hydrogen-bond acceptors (Lipinski definition) is 6. The maximum Gasteiger partial charge on any atom is 0.124 e. The first kappa shape index (κ1) is 12.0. The minimum absolute atomic E-state index is 0.158. The summed E-state index contributed by atoms with van der Waals surface area (Å²) in [5, 5.41) is 15.6. The molecule has 2 rings (SSSR count). The van der Waals surface area contributed by atoms with Gasteiger partial charge in [-0.25, -0.2) is 4.89 Å². The van der Waals surface area contributed by atoms with E-state index in [9.17, 15) is 5.11 Å². The highest BCUT2D eigenvalue weighted by molar-refractivity contribution is 7.94. The summed E-state index contributed by atoms with van der Waals surface area (Å²) in [6.45, 7) is 0. The van der Waals surface area contributed by atoms with Crippen LogP contribution in [0.2, 0.25) is 0 Å². The molecule has 6 heteroatoms. The van der Waals surface area contributed by atoms with Crippen LogP contribution in [0.25, 0.3) is 10.8 Å². The Morgan fingerprint density at radius 1 is 1.24 bits per heavy atom. The van der Waals surface area contributed by atoms with Crippen molar-refractivity contribution in [1.29, 1.82) is 0 Å². The van der Waals surface area contributed by atoms with Gasteiger partial charge in [0.2, 0.25) is 0 Å². The maximum atomic E-state index is 9.82. The summed E-state index contributed by atoms with van der Waals surface area (Å²) in [7, 11) is 1.33. The number of fused-ring (bicyclic) bond motifs is 1. The quantitative estimate of drug-likeness (QED) is 0.287. The average molecular weight is 253 g/mol. The molecular weight excluding hydrogens is 242 g/mol. The van der Waals surface area contributed by atoms with Gasteiger partial charge < -0.3 is 10.8 Å². The molecule has 0 saturated heterocycles. The Morgan fingerprint density at radius 2 is 2.06 bits per heavy atom. The van der Waals surface area contributed by atoms with Crippen molar-refractivity contribution >= 4 is 28.5 Å². The van der Waals surface area contributed by atoms with E-state index in [-0.39, 0.29) is 5.75 Å². The lowest BCUT2D eigenvalue weighted by atomic mass is 10.1. The number of benzene rings is 2. The lowest BCUT2D eigenvalue weighted by Crippen LogP contribution is -1.86. The summed E-state index contributed by atoms with van der Waals surface area (Å²) in [5.74, 6) is 0.158. The highest BCUT2D eigenvalue weighted by Crippen LogP contribution is 2.32. The van der Waals surface area contributed by atoms with Gasteiger partial charge in [0.15, 0.2) is 0 Å². The van der Waals surface area contributed by atoms with Gasteiger partial charge in [-0.1, -0.05) is 5.04 Å². The molecule has 5 nitrogen and oxygen atoms in total. The standard InChI is InChI=1S/C11H11NO4S/c1-14-15-16-17-9-5-7-4-8(12)2-3-10(7)11(13)6-9/h2-6,13H,12H2,1H3. The van der Waals surface area contributed by atoms with E-state index in [1.165, 1.54) is 7.11 Å². The van der Waals surface area contributed by atoms with E-state index < -0.39 is 0 Å². The zero-order valence-electron chi connectivity index (χ0n) is 9.04. The second-order valence-corrected chi connectivity index (χ2v) is 4.08. The molecule has 0 fully saturated rings. The summed E-state index contributed by atoms with van der Waals surface area (Å²) in [5.41, 5.74) is 6.31. The minimum Gasteiger partial charge on any atom is -0.507 e. The molecule has 0 aromatic heterocycles. The third-order valence-corrected chi connectivity index (χ3v) is 2.71. The number of phenols is 1. The third kappa shape index (κ3) is 2.80. The molecule has 0 heterocycles. The number of rotatable bonds is 4. The average Bonchev–Trinajstić information content (AvgIpc) is 2.28. The van der Waals surface area contributed by atoms with Crippen molar-refractivity contribution in [1.82, 2.24) is 0 Å². The van der Waals surface area contributed by atoms with E-state index >= 15 is 0 Å². The van der Waals surface area contributed by atoms with E-state index in [0.717, 1.165) is 22.8 Å². The summed E-state index contributed by atoms with van der Waals surface area (Å²) in [6, 6.07) is 8.67. The molecule has 17 heavy (non-hydrogen) atoms. The highest BCUT2D eigenvalue weighted by Gasteiger charge is 2.05. The van der Waals surface area contributed by atoms with Gasteiger partial charge in [0.25, 0.3) is 0 Å². The number of aromatic hydroxyl groups is 1. The molecule has 0 aliphatic heterocycles. The first-order valence-corrected chi connectivity index (χ1v) is 5.51. The topological polar surface area (TPSA) is 73.9 Å². The smallest absolute Gasteiger partial charge is 0.124 e. The molecule has 3 N–H and O–H groups in total. The van der Waals surface area contributed by atoms with Crippen molar-refractivity contribution in [2.75, 3.05) is 12.8 Å². The number of nitrogen functional groups attached to an aromatic ring is 1. The number of nitrogens with two attached hydrogens (primary N) is 1. The zero-order chi connectivity index (χ0) is 12.3. The fourth-order valence-corrected chi connectivity index (χ4v) is 1.97. The lowest BCUT2D eigenvalue weighted by Gasteiger charge is -2.05. The van der Waals surface area contributed by atoms with Crippen molar-refractivity contribution in [2.24, 2.45) is 0 Å². The Kier molecular flexibility index (Phi) is 3.70. The van der Waals surface area contributed by atoms with Crippen LogP contribution in [0.4, 0.5) is 5.69 Å². The fraction of sp³-hybridized carbons (Fsp3) is 0.0909. The summed E-state index contributed by atoms with van der Waals surface area (Å²) < 4.78 is 4.66. The van der Waals surface area contributed by atoms with Crippen LogP contribution in [0, 0.1) is 0 Å². The van der Waals surface area contributed by atoms with Gasteiger partial charge in [0, 0.05) is 16.0 Å². The van der Waals surface area contributed by atoms with Crippen LogP contribution >= 0.6 is 12.0 Å². The van der Waals surface area contributed by atoms with Gasteiger partial charge in [-0.15, -0.1) is 4.33 Å². The zero-order valence-corrected chi connectivity index (χ0v) is 9.86. The van der Waals surface area contributed by atoms with Crippen LogP contribution in [0.3, 0.4) is 0 Å². The van der Waals surface area contributed by atoms with Crippen LogP contribution in [0.15, 0.2) is 35.2 Å². The van der Waals surface area contributed by atoms with Crippen molar-refractivity contribution in [3.05, 3.63) is 30.3 Å². The molecule has 90 valence electrons. The molecule has 2 aromatic carbocycles. The summed E-state index contributed by atoms with van der Waals surface area (Å²) in [6.07, 6.45) is 0. The van der Waals surface area contributed by atoms with E-state index in [0.29, 0.717) is 10.6 Å². The Morgan fingerprint density at radius 3 is 2.82 bits per heavy atom. The van der Waals surface area contributed by atoms with E-state index in [2.05, 4.69) is 14.3 Å². The first-order chi connectivity index (χ1) is 8.20. The SMILES string of the molecule is COOOSc1cc(O)c2ccc(N)cc2c1. The predicted octanol–water partition coefficient (Wildman–Crippen LogP) is 2.64. The number of hydrogen-bond donors (Lipinski definition) is 2. The van der Waals surface area contributed by atoms with Gasteiger partial charge >= 0.3 is 0 Å². The van der Waals surface area contributed by atoms with Crippen LogP contribution in [-0.4, -0.2) is 12.2 Å². The molecule has 0 saturated carbocycles. The fourth-order valence-electron chi connectivity index (χ4n) is 1.47. The molecule has 0 bridgehead atoms. The molecule has 0 unspecified atom stereocenters. The van der Waals surface area contributed by atoms with Gasteiger partial charge in [0.1, 0.15) is 5.75 Å². The molecular formula is C11H11NO4S. The van der Waals surface area contributed by atoms with Gasteiger partial charge in [-0.2, -0.15) is 0 Å². The second kappa shape index (κ2) is 5.24. The van der Waals surface area contributed by atoms with Crippen molar-refractivity contribution < 1.29 is 19.4 Å². The van der Waals surface area contributed by atoms with E-state index in [1.807, 2.05) is 6.07 Å². The number of anilines is 1. The van der Waals surface area contributed by atoms with Crippen molar-refractivity contribution in [3.8, 4) is 5.75 Å². The molecule has 2 aromatic rings. The largest absolute Gasteiger partial charge is 0.507 e. The monoisotopic (exact) mass is 253 g/mol.